The van der Waals surface area contributed by atoms with Crippen LogP contribution in [0.5, 0.6) is 0 Å². The Morgan fingerprint density at radius 3 is 2.45 bits per heavy atom. The zero-order valence-electron chi connectivity index (χ0n) is 13.3. The molecule has 1 heterocycles. The maximum Gasteiger partial charge on any atom is 0.0456 e. The highest BCUT2D eigenvalue weighted by molar-refractivity contribution is 5.82. The number of aromatic amines is 1. The number of aromatic nitrogens is 1. The van der Waals surface area contributed by atoms with Crippen molar-refractivity contribution in [3.8, 4) is 0 Å². The number of hydrogen-bond donors (Lipinski definition) is 1. The average molecular weight is 289 g/mol. The molecule has 1 aromatic heterocycles. The molecular formula is C21H23N. The van der Waals surface area contributed by atoms with E-state index in [0.717, 1.165) is 0 Å². The molecule has 112 valence electrons. The highest BCUT2D eigenvalue weighted by atomic mass is 14.7. The van der Waals surface area contributed by atoms with Gasteiger partial charge >= 0.3 is 0 Å². The van der Waals surface area contributed by atoms with Gasteiger partial charge in [-0.2, -0.15) is 0 Å². The third-order valence-electron chi connectivity index (χ3n) is 4.41. The number of rotatable bonds is 1. The molecule has 0 amide bonds. The second-order valence-electron chi connectivity index (χ2n) is 5.98. The van der Waals surface area contributed by atoms with E-state index < -0.39 is 0 Å². The first-order valence-corrected chi connectivity index (χ1v) is 8.00. The van der Waals surface area contributed by atoms with Gasteiger partial charge < -0.3 is 4.98 Å². The number of nitrogens with one attached hydrogen (secondary N) is 1. The molecule has 0 saturated heterocycles. The third-order valence-corrected chi connectivity index (χ3v) is 4.41. The second-order valence-corrected chi connectivity index (χ2v) is 5.98. The van der Waals surface area contributed by atoms with Crippen molar-refractivity contribution in [2.45, 2.75) is 32.6 Å². The van der Waals surface area contributed by atoms with Gasteiger partial charge in [-0.15, -0.1) is 0 Å². The van der Waals surface area contributed by atoms with E-state index in [1.54, 1.807) is 0 Å². The molecule has 1 nitrogen and oxygen atoms in total. The summed E-state index contributed by atoms with van der Waals surface area (Å²) in [6, 6.07) is 17.1. The Hall–Kier alpha value is -2.28. The number of hydrogen-bond acceptors (Lipinski definition) is 0. The minimum absolute atomic E-state index is 0.686. The Kier molecular flexibility index (Phi) is 4.43. The monoisotopic (exact) mass is 289 g/mol. The van der Waals surface area contributed by atoms with Crippen LogP contribution in [0.25, 0.3) is 10.9 Å². The summed E-state index contributed by atoms with van der Waals surface area (Å²) in [4.78, 5) is 3.16. The Bertz CT molecular complexity index is 779. The first kappa shape index (κ1) is 14.6. The van der Waals surface area contributed by atoms with Gasteiger partial charge in [0, 0.05) is 23.0 Å². The van der Waals surface area contributed by atoms with Crippen LogP contribution in [0.2, 0.25) is 0 Å². The number of H-pyrrole nitrogens is 1. The molecule has 1 aliphatic rings. The van der Waals surface area contributed by atoms with Crippen molar-refractivity contribution in [3.05, 3.63) is 83.6 Å². The van der Waals surface area contributed by atoms with Crippen molar-refractivity contribution < 1.29 is 0 Å². The Balaban J connectivity index is 0.000000133. The molecule has 0 radical (unpaired) electrons. The molecular weight excluding hydrogens is 266 g/mol. The van der Waals surface area contributed by atoms with Crippen LogP contribution in [0, 0.1) is 13.8 Å². The lowest BCUT2D eigenvalue weighted by Gasteiger charge is -2.10. The minimum Gasteiger partial charge on any atom is -0.361 e. The number of aryl methyl sites for hydroxylation is 2. The van der Waals surface area contributed by atoms with E-state index in [9.17, 15) is 0 Å². The number of benzene rings is 2. The standard InChI is InChI=1S/C12H14.C9H9N/c1-10-6-2-5-9-12(10)11-7-3-4-8-11;1-7-3-2-4-9-8(7)5-6-10-9/h2-3,5-7,9,11H,4,8H2,1H3;2-6,10H,1H3. The fourth-order valence-corrected chi connectivity index (χ4v) is 3.14. The molecule has 0 spiro atoms. The summed E-state index contributed by atoms with van der Waals surface area (Å²) in [5, 5.41) is 1.32. The summed E-state index contributed by atoms with van der Waals surface area (Å²) in [6.07, 6.45) is 9.14. The number of fused-ring (bicyclic) bond motifs is 1. The smallest absolute Gasteiger partial charge is 0.0456 e. The van der Waals surface area contributed by atoms with Gasteiger partial charge in [0.1, 0.15) is 0 Å². The van der Waals surface area contributed by atoms with E-state index >= 15 is 0 Å². The maximum absolute atomic E-state index is 3.16. The lowest BCUT2D eigenvalue weighted by molar-refractivity contribution is 0.795. The summed E-state index contributed by atoms with van der Waals surface area (Å²) in [7, 11) is 0. The first-order chi connectivity index (χ1) is 10.8. The van der Waals surface area contributed by atoms with Gasteiger partial charge in [-0.1, -0.05) is 48.6 Å². The van der Waals surface area contributed by atoms with E-state index in [-0.39, 0.29) is 0 Å². The van der Waals surface area contributed by atoms with Crippen molar-refractivity contribution in [2.24, 2.45) is 0 Å². The van der Waals surface area contributed by atoms with E-state index in [4.69, 9.17) is 0 Å². The van der Waals surface area contributed by atoms with Crippen molar-refractivity contribution in [2.75, 3.05) is 0 Å². The van der Waals surface area contributed by atoms with Crippen LogP contribution in [-0.2, 0) is 0 Å². The molecule has 1 heteroatoms. The Morgan fingerprint density at radius 2 is 1.73 bits per heavy atom. The molecule has 0 fully saturated rings. The van der Waals surface area contributed by atoms with Crippen molar-refractivity contribution in [1.82, 2.24) is 4.98 Å². The molecule has 0 bridgehead atoms. The largest absolute Gasteiger partial charge is 0.361 e. The van der Waals surface area contributed by atoms with Gasteiger partial charge in [0.15, 0.2) is 0 Å². The topological polar surface area (TPSA) is 15.8 Å². The molecule has 3 aromatic rings. The van der Waals surface area contributed by atoms with E-state index in [1.807, 2.05) is 6.20 Å². The van der Waals surface area contributed by atoms with E-state index in [1.165, 1.54) is 40.4 Å². The van der Waals surface area contributed by atoms with Crippen molar-refractivity contribution >= 4 is 10.9 Å². The summed E-state index contributed by atoms with van der Waals surface area (Å²) < 4.78 is 0. The predicted molar refractivity (Wildman–Crippen MR) is 95.3 cm³/mol. The lowest BCUT2D eigenvalue weighted by atomic mass is 9.95. The zero-order valence-corrected chi connectivity index (χ0v) is 13.3. The normalized spacial score (nSPS) is 16.5. The highest BCUT2D eigenvalue weighted by Crippen LogP contribution is 2.29. The van der Waals surface area contributed by atoms with Gasteiger partial charge in [-0.3, -0.25) is 0 Å². The van der Waals surface area contributed by atoms with Crippen LogP contribution in [-0.4, -0.2) is 4.98 Å². The van der Waals surface area contributed by atoms with Crippen LogP contribution < -0.4 is 0 Å². The molecule has 4 rings (SSSR count). The second kappa shape index (κ2) is 6.65. The Labute approximate surface area is 132 Å². The maximum atomic E-state index is 3.16. The van der Waals surface area contributed by atoms with E-state index in [0.29, 0.717) is 5.92 Å². The fraction of sp³-hybridized carbons (Fsp3) is 0.238. The third kappa shape index (κ3) is 3.14. The van der Waals surface area contributed by atoms with Crippen molar-refractivity contribution in [1.29, 1.82) is 0 Å². The van der Waals surface area contributed by atoms with Crippen molar-refractivity contribution in [3.63, 3.8) is 0 Å². The van der Waals surface area contributed by atoms with Crippen LogP contribution in [0.3, 0.4) is 0 Å². The highest BCUT2D eigenvalue weighted by Gasteiger charge is 2.12. The number of allylic oxidation sites excluding steroid dienone is 2. The first-order valence-electron chi connectivity index (χ1n) is 8.00. The molecule has 22 heavy (non-hydrogen) atoms. The molecule has 1 unspecified atom stereocenters. The Morgan fingerprint density at radius 1 is 0.909 bits per heavy atom. The van der Waals surface area contributed by atoms with Gasteiger partial charge in [-0.05, 0) is 55.5 Å². The predicted octanol–water partition coefficient (Wildman–Crippen LogP) is 5.90. The summed E-state index contributed by atoms with van der Waals surface area (Å²) in [6.45, 7) is 4.32. The average Bonchev–Trinajstić information content (AvgIpc) is 3.20. The van der Waals surface area contributed by atoms with Crippen LogP contribution in [0.1, 0.15) is 35.4 Å². The van der Waals surface area contributed by atoms with Gasteiger partial charge in [0.05, 0.1) is 0 Å². The fourth-order valence-electron chi connectivity index (χ4n) is 3.14. The molecule has 2 aromatic carbocycles. The van der Waals surface area contributed by atoms with Crippen LogP contribution >= 0.6 is 0 Å². The van der Waals surface area contributed by atoms with Crippen LogP contribution in [0.4, 0.5) is 0 Å². The van der Waals surface area contributed by atoms with Gasteiger partial charge in [-0.25, -0.2) is 0 Å². The summed E-state index contributed by atoms with van der Waals surface area (Å²) >= 11 is 0. The molecule has 0 aliphatic heterocycles. The quantitative estimate of drug-likeness (QED) is 0.536. The van der Waals surface area contributed by atoms with Gasteiger partial charge in [0.25, 0.3) is 0 Å². The van der Waals surface area contributed by atoms with Gasteiger partial charge in [0.2, 0.25) is 0 Å². The lowest BCUT2D eigenvalue weighted by Crippen LogP contribution is -1.93. The molecule has 1 atom stereocenters. The summed E-state index contributed by atoms with van der Waals surface area (Å²) in [5.41, 5.74) is 5.49. The molecule has 0 saturated carbocycles. The van der Waals surface area contributed by atoms with Crippen LogP contribution in [0.15, 0.2) is 66.9 Å². The minimum atomic E-state index is 0.686. The molecule has 1 N–H and O–H groups in total. The summed E-state index contributed by atoms with van der Waals surface area (Å²) in [5.74, 6) is 0.686. The van der Waals surface area contributed by atoms with E-state index in [2.05, 4.69) is 79.5 Å². The SMILES string of the molecule is Cc1cccc2[nH]ccc12.Cc1ccccc1C1C=CCC1. The molecule has 1 aliphatic carbocycles. The zero-order chi connectivity index (χ0) is 15.4.